The summed E-state index contributed by atoms with van der Waals surface area (Å²) in [4.78, 5) is 40.0. The van der Waals surface area contributed by atoms with Gasteiger partial charge in [0.25, 0.3) is 15.6 Å². The van der Waals surface area contributed by atoms with Crippen molar-refractivity contribution in [3.8, 4) is 5.69 Å². The number of carbonyl (C=O) groups excluding carboxylic acids is 1. The lowest BCUT2D eigenvalue weighted by atomic mass is 10.1. The lowest BCUT2D eigenvalue weighted by molar-refractivity contribution is -0.137. The van der Waals surface area contributed by atoms with Crippen LogP contribution in [0.4, 0.5) is 33.7 Å². The number of hydrogen-bond donors (Lipinski definition) is 4. The van der Waals surface area contributed by atoms with Gasteiger partial charge in [-0.2, -0.15) is 13.2 Å². The van der Waals surface area contributed by atoms with Gasteiger partial charge in [0.05, 0.1) is 16.5 Å². The van der Waals surface area contributed by atoms with Crippen molar-refractivity contribution in [2.45, 2.75) is 10.4 Å². The third kappa shape index (κ3) is 5.05. The van der Waals surface area contributed by atoms with Crippen LogP contribution < -0.4 is 26.6 Å². The van der Waals surface area contributed by atoms with E-state index in [-0.39, 0.29) is 25.7 Å². The van der Waals surface area contributed by atoms with Gasteiger partial charge in [-0.15, -0.1) is 11.3 Å². The second kappa shape index (κ2) is 9.36. The largest absolute Gasteiger partial charge is 0.418 e. The van der Waals surface area contributed by atoms with Crippen LogP contribution in [0.2, 0.25) is 0 Å². The quantitative estimate of drug-likeness (QED) is 0.277. The van der Waals surface area contributed by atoms with E-state index in [0.29, 0.717) is 11.8 Å². The molecular formula is C21H15F4N5O5S2. The standard InChI is InChI=1S/C21H15F4N5O5S2/c1-26-10-4-5-12-15(9-10)28-20(33)30(18(12)31)17-13(21(23,24)25)7-11(8-14(17)22)27-19(32)29-37(34,35)16-3-2-6-36-16/h2-9,26H,1H3,(H,28,33)(H2,27,29,32). The minimum absolute atomic E-state index is 0.00460. The Morgan fingerprint density at radius 2 is 1.81 bits per heavy atom. The van der Waals surface area contributed by atoms with E-state index in [2.05, 4.69) is 10.3 Å². The summed E-state index contributed by atoms with van der Waals surface area (Å²) in [6.07, 6.45) is -5.29. The summed E-state index contributed by atoms with van der Waals surface area (Å²) >= 11 is 0.784. The van der Waals surface area contributed by atoms with Gasteiger partial charge in [0.1, 0.15) is 15.7 Å². The molecule has 0 aliphatic rings. The van der Waals surface area contributed by atoms with Crippen LogP contribution in [0.3, 0.4) is 0 Å². The molecule has 4 rings (SSSR count). The molecule has 2 heterocycles. The van der Waals surface area contributed by atoms with Gasteiger partial charge in [0, 0.05) is 18.4 Å². The van der Waals surface area contributed by atoms with E-state index in [4.69, 9.17) is 0 Å². The number of nitrogens with one attached hydrogen (secondary N) is 4. The SMILES string of the molecule is CNc1ccc2c(=O)n(-c3c(F)cc(NC(=O)NS(=O)(=O)c4cccs4)cc3C(F)(F)F)c(=O)[nH]c2c1. The van der Waals surface area contributed by atoms with E-state index >= 15 is 4.39 Å². The lowest BCUT2D eigenvalue weighted by Crippen LogP contribution is -2.36. The van der Waals surface area contributed by atoms with Crippen LogP contribution in [-0.2, 0) is 16.2 Å². The van der Waals surface area contributed by atoms with Crippen LogP contribution in [0.15, 0.2) is 61.6 Å². The van der Waals surface area contributed by atoms with Crippen LogP contribution in [0.1, 0.15) is 5.56 Å². The minimum atomic E-state index is -5.29. The summed E-state index contributed by atoms with van der Waals surface area (Å²) in [6, 6.07) is 5.87. The zero-order chi connectivity index (χ0) is 27.1. The summed E-state index contributed by atoms with van der Waals surface area (Å²) in [5.74, 6) is -1.68. The number of anilines is 2. The number of H-pyrrole nitrogens is 1. The summed E-state index contributed by atoms with van der Waals surface area (Å²) in [5, 5.41) is 5.82. The van der Waals surface area contributed by atoms with E-state index < -0.39 is 56.2 Å². The Morgan fingerprint density at radius 1 is 1.08 bits per heavy atom. The minimum Gasteiger partial charge on any atom is -0.388 e. The molecule has 4 N–H and O–H groups in total. The van der Waals surface area contributed by atoms with E-state index in [0.717, 1.165) is 11.3 Å². The van der Waals surface area contributed by atoms with Crippen LogP contribution in [0.5, 0.6) is 0 Å². The van der Waals surface area contributed by atoms with Crippen molar-refractivity contribution < 1.29 is 30.8 Å². The molecule has 0 saturated carbocycles. The fourth-order valence-corrected chi connectivity index (χ4v) is 5.34. The molecule has 16 heteroatoms. The van der Waals surface area contributed by atoms with E-state index in [1.54, 1.807) is 11.8 Å². The number of aromatic nitrogens is 2. The average Bonchev–Trinajstić information content (AvgIpc) is 3.35. The highest BCUT2D eigenvalue weighted by atomic mass is 32.2. The molecule has 0 bridgehead atoms. The first-order valence-electron chi connectivity index (χ1n) is 10.1. The zero-order valence-electron chi connectivity index (χ0n) is 18.4. The number of amides is 2. The van der Waals surface area contributed by atoms with Crippen LogP contribution in [-0.4, -0.2) is 31.0 Å². The van der Waals surface area contributed by atoms with Crippen molar-refractivity contribution in [3.05, 3.63) is 80.1 Å². The number of carbonyl (C=O) groups is 1. The zero-order valence-corrected chi connectivity index (χ0v) is 20.1. The van der Waals surface area contributed by atoms with Crippen LogP contribution in [0.25, 0.3) is 16.6 Å². The fraction of sp³-hybridized carbons (Fsp3) is 0.0952. The molecule has 0 saturated heterocycles. The molecule has 37 heavy (non-hydrogen) atoms. The molecule has 4 aromatic rings. The highest BCUT2D eigenvalue weighted by Gasteiger charge is 2.37. The van der Waals surface area contributed by atoms with Crippen molar-refractivity contribution in [3.63, 3.8) is 0 Å². The number of sulfonamides is 1. The lowest BCUT2D eigenvalue weighted by Gasteiger charge is -2.17. The molecule has 0 aliphatic heterocycles. The molecule has 10 nitrogen and oxygen atoms in total. The number of halogens is 4. The highest BCUT2D eigenvalue weighted by molar-refractivity contribution is 7.92. The summed E-state index contributed by atoms with van der Waals surface area (Å²) < 4.78 is 82.6. The normalized spacial score (nSPS) is 11.9. The molecule has 0 atom stereocenters. The van der Waals surface area contributed by atoms with Gasteiger partial charge in [-0.25, -0.2) is 31.7 Å². The predicted octanol–water partition coefficient (Wildman–Crippen LogP) is 3.45. The number of fused-ring (bicyclic) bond motifs is 1. The third-order valence-electron chi connectivity index (χ3n) is 5.02. The summed E-state index contributed by atoms with van der Waals surface area (Å²) in [7, 11) is -2.76. The predicted molar refractivity (Wildman–Crippen MR) is 128 cm³/mol. The number of alkyl halides is 3. The van der Waals surface area contributed by atoms with Gasteiger partial charge in [-0.3, -0.25) is 4.79 Å². The molecule has 2 aromatic heterocycles. The van der Waals surface area contributed by atoms with Crippen molar-refractivity contribution in [1.29, 1.82) is 0 Å². The number of rotatable bonds is 5. The molecule has 0 unspecified atom stereocenters. The van der Waals surface area contributed by atoms with Gasteiger partial charge in [-0.05, 0) is 41.8 Å². The van der Waals surface area contributed by atoms with E-state index in [9.17, 15) is 36.0 Å². The Morgan fingerprint density at radius 3 is 2.43 bits per heavy atom. The first-order chi connectivity index (χ1) is 17.3. The Bertz CT molecular complexity index is 1750. The second-order valence-corrected chi connectivity index (χ2v) is 10.3. The Labute approximate surface area is 208 Å². The maximum Gasteiger partial charge on any atom is 0.418 e. The van der Waals surface area contributed by atoms with Gasteiger partial charge in [0.15, 0.2) is 0 Å². The highest BCUT2D eigenvalue weighted by Crippen LogP contribution is 2.36. The van der Waals surface area contributed by atoms with E-state index in [1.807, 2.05) is 5.32 Å². The topological polar surface area (TPSA) is 142 Å². The molecule has 0 aliphatic carbocycles. The van der Waals surface area contributed by atoms with Crippen molar-refractivity contribution in [2.75, 3.05) is 17.7 Å². The van der Waals surface area contributed by atoms with Crippen molar-refractivity contribution in [2.24, 2.45) is 0 Å². The summed E-state index contributed by atoms with van der Waals surface area (Å²) in [5.41, 5.74) is -5.98. The van der Waals surface area contributed by atoms with Gasteiger partial charge < -0.3 is 15.6 Å². The molecule has 2 amide bonds. The number of hydrogen-bond acceptors (Lipinski definition) is 7. The smallest absolute Gasteiger partial charge is 0.388 e. The summed E-state index contributed by atoms with van der Waals surface area (Å²) in [6.45, 7) is 0. The number of thiophene rings is 1. The van der Waals surface area contributed by atoms with Gasteiger partial charge in [0.2, 0.25) is 0 Å². The van der Waals surface area contributed by atoms with Gasteiger partial charge in [-0.1, -0.05) is 6.07 Å². The maximum absolute atomic E-state index is 15.1. The molecule has 0 fully saturated rings. The van der Waals surface area contributed by atoms with Crippen molar-refractivity contribution >= 4 is 49.7 Å². The first kappa shape index (κ1) is 25.9. The van der Waals surface area contributed by atoms with E-state index in [1.165, 1.54) is 35.7 Å². The Balaban J connectivity index is 1.80. The molecule has 2 aromatic carbocycles. The van der Waals surface area contributed by atoms with Crippen LogP contribution >= 0.6 is 11.3 Å². The first-order valence-corrected chi connectivity index (χ1v) is 12.4. The Kier molecular flexibility index (Phi) is 6.55. The number of urea groups is 1. The second-order valence-electron chi connectivity index (χ2n) is 7.42. The van der Waals surface area contributed by atoms with Gasteiger partial charge >= 0.3 is 17.9 Å². The number of benzene rings is 2. The Hall–Kier alpha value is -4.18. The molecule has 0 spiro atoms. The number of aromatic amines is 1. The monoisotopic (exact) mass is 557 g/mol. The molecule has 194 valence electrons. The van der Waals surface area contributed by atoms with Crippen molar-refractivity contribution in [1.82, 2.24) is 14.3 Å². The third-order valence-corrected chi connectivity index (χ3v) is 7.75. The van der Waals surface area contributed by atoms with Crippen LogP contribution in [0, 0.1) is 5.82 Å². The number of nitrogens with zero attached hydrogens (tertiary/aromatic N) is 1. The average molecular weight is 558 g/mol. The molecule has 0 radical (unpaired) electrons. The maximum atomic E-state index is 15.1. The molecular weight excluding hydrogens is 542 g/mol. The fourth-order valence-electron chi connectivity index (χ4n) is 3.44.